The summed E-state index contributed by atoms with van der Waals surface area (Å²) in [4.78, 5) is 30.0. The monoisotopic (exact) mass is 265 g/mol. The lowest BCUT2D eigenvalue weighted by molar-refractivity contribution is 0.0688. The zero-order chi connectivity index (χ0) is 13.8. The van der Waals surface area contributed by atoms with E-state index in [0.717, 1.165) is 25.2 Å². The summed E-state index contributed by atoms with van der Waals surface area (Å²) in [6.07, 6.45) is 4.39. The minimum absolute atomic E-state index is 0.0292. The molecule has 1 aliphatic carbocycles. The van der Waals surface area contributed by atoms with Gasteiger partial charge in [-0.1, -0.05) is 0 Å². The number of nitrogens with one attached hydrogen (secondary N) is 1. The number of ether oxygens (including phenoxy) is 1. The summed E-state index contributed by atoms with van der Waals surface area (Å²) >= 11 is 0. The van der Waals surface area contributed by atoms with Crippen molar-refractivity contribution in [2.75, 3.05) is 13.7 Å². The van der Waals surface area contributed by atoms with Gasteiger partial charge >= 0.3 is 5.97 Å². The summed E-state index contributed by atoms with van der Waals surface area (Å²) in [7, 11) is 1.59. The van der Waals surface area contributed by atoms with Crippen LogP contribution in [0, 0.1) is 5.92 Å². The van der Waals surface area contributed by atoms with E-state index in [1.807, 2.05) is 0 Å². The average Bonchev–Trinajstić information content (AvgIpc) is 3.22. The predicted molar refractivity (Wildman–Crippen MR) is 64.8 cm³/mol. The van der Waals surface area contributed by atoms with Crippen LogP contribution in [0.25, 0.3) is 0 Å². The highest BCUT2D eigenvalue weighted by Crippen LogP contribution is 2.32. The van der Waals surface area contributed by atoms with E-state index in [0.29, 0.717) is 12.5 Å². The van der Waals surface area contributed by atoms with Gasteiger partial charge in [0.05, 0.1) is 25.0 Å². The van der Waals surface area contributed by atoms with Crippen molar-refractivity contribution < 1.29 is 19.4 Å². The van der Waals surface area contributed by atoms with E-state index in [1.54, 1.807) is 7.11 Å². The van der Waals surface area contributed by atoms with Crippen LogP contribution in [0.15, 0.2) is 12.4 Å². The number of carbonyl (C=O) groups excluding carboxylic acids is 1. The molecule has 1 fully saturated rings. The van der Waals surface area contributed by atoms with Crippen LogP contribution in [0.4, 0.5) is 0 Å². The quantitative estimate of drug-likeness (QED) is 0.768. The summed E-state index contributed by atoms with van der Waals surface area (Å²) in [5.74, 6) is -1.08. The molecule has 1 atom stereocenters. The molecular formula is C12H15N3O4. The number of nitrogens with zero attached hydrogens (tertiary/aromatic N) is 2. The first-order valence-electron chi connectivity index (χ1n) is 5.97. The van der Waals surface area contributed by atoms with Crippen molar-refractivity contribution >= 4 is 11.9 Å². The van der Waals surface area contributed by atoms with Crippen LogP contribution >= 0.6 is 0 Å². The third-order valence-electron chi connectivity index (χ3n) is 2.96. The highest BCUT2D eigenvalue weighted by Gasteiger charge is 2.32. The van der Waals surface area contributed by atoms with Gasteiger partial charge in [-0.05, 0) is 18.8 Å². The summed E-state index contributed by atoms with van der Waals surface area (Å²) in [5.41, 5.74) is -0.0843. The van der Waals surface area contributed by atoms with E-state index in [-0.39, 0.29) is 23.3 Å². The number of aromatic carboxylic acids is 1. The molecule has 0 aliphatic heterocycles. The first-order chi connectivity index (χ1) is 9.11. The van der Waals surface area contributed by atoms with Crippen molar-refractivity contribution in [3.05, 3.63) is 23.8 Å². The molecular weight excluding hydrogens is 250 g/mol. The third kappa shape index (κ3) is 3.47. The summed E-state index contributed by atoms with van der Waals surface area (Å²) in [6, 6.07) is -0.0292. The highest BCUT2D eigenvalue weighted by atomic mass is 16.5. The fraction of sp³-hybridized carbons (Fsp3) is 0.500. The van der Waals surface area contributed by atoms with Crippen LogP contribution in [0.2, 0.25) is 0 Å². The molecule has 1 unspecified atom stereocenters. The van der Waals surface area contributed by atoms with Gasteiger partial charge < -0.3 is 15.2 Å². The van der Waals surface area contributed by atoms with Crippen molar-refractivity contribution in [2.24, 2.45) is 5.92 Å². The highest BCUT2D eigenvalue weighted by molar-refractivity contribution is 5.93. The van der Waals surface area contributed by atoms with Crippen LogP contribution in [-0.2, 0) is 4.74 Å². The number of amides is 1. The molecule has 19 heavy (non-hydrogen) atoms. The van der Waals surface area contributed by atoms with Gasteiger partial charge in [-0.15, -0.1) is 0 Å². The maximum Gasteiger partial charge on any atom is 0.356 e. The normalized spacial score (nSPS) is 15.8. The van der Waals surface area contributed by atoms with Crippen molar-refractivity contribution in [3.8, 4) is 0 Å². The number of hydrogen-bond donors (Lipinski definition) is 2. The fourth-order valence-corrected chi connectivity index (χ4v) is 1.77. The second-order valence-corrected chi connectivity index (χ2v) is 4.46. The van der Waals surface area contributed by atoms with Gasteiger partial charge in [0.1, 0.15) is 5.69 Å². The van der Waals surface area contributed by atoms with Gasteiger partial charge in [-0.3, -0.25) is 4.79 Å². The second-order valence-electron chi connectivity index (χ2n) is 4.46. The van der Waals surface area contributed by atoms with E-state index in [2.05, 4.69) is 15.3 Å². The lowest BCUT2D eigenvalue weighted by Gasteiger charge is -2.16. The minimum Gasteiger partial charge on any atom is -0.476 e. The first-order valence-corrected chi connectivity index (χ1v) is 5.97. The molecule has 1 saturated carbocycles. The maximum absolute atomic E-state index is 11.9. The minimum atomic E-state index is -1.17. The van der Waals surface area contributed by atoms with Crippen LogP contribution in [0.3, 0.4) is 0 Å². The Morgan fingerprint density at radius 3 is 2.53 bits per heavy atom. The molecule has 0 saturated heterocycles. The lowest BCUT2D eigenvalue weighted by atomic mass is 10.2. The number of carbonyl (C=O) groups is 2. The Morgan fingerprint density at radius 1 is 1.42 bits per heavy atom. The number of methoxy groups -OCH3 is 1. The van der Waals surface area contributed by atoms with Crippen LogP contribution < -0.4 is 5.32 Å². The molecule has 0 bridgehead atoms. The summed E-state index contributed by atoms with van der Waals surface area (Å²) < 4.78 is 5.06. The third-order valence-corrected chi connectivity index (χ3v) is 2.96. The van der Waals surface area contributed by atoms with Gasteiger partial charge in [0.2, 0.25) is 0 Å². The molecule has 0 aromatic carbocycles. The Hall–Kier alpha value is -2.02. The van der Waals surface area contributed by atoms with E-state index >= 15 is 0 Å². The number of hydrogen-bond acceptors (Lipinski definition) is 5. The van der Waals surface area contributed by atoms with Crippen molar-refractivity contribution in [2.45, 2.75) is 18.9 Å². The molecule has 2 N–H and O–H groups in total. The second kappa shape index (κ2) is 5.75. The van der Waals surface area contributed by atoms with Gasteiger partial charge in [-0.25, -0.2) is 14.8 Å². The first kappa shape index (κ1) is 13.4. The van der Waals surface area contributed by atoms with Crippen molar-refractivity contribution in [1.82, 2.24) is 15.3 Å². The van der Waals surface area contributed by atoms with Crippen LogP contribution in [0.5, 0.6) is 0 Å². The Kier molecular flexibility index (Phi) is 4.06. The molecule has 7 nitrogen and oxygen atoms in total. The number of aromatic nitrogens is 2. The fourth-order valence-electron chi connectivity index (χ4n) is 1.77. The number of rotatable bonds is 6. The van der Waals surface area contributed by atoms with Gasteiger partial charge in [0.15, 0.2) is 5.69 Å². The molecule has 0 spiro atoms. The molecule has 1 aromatic heterocycles. The Labute approximate surface area is 110 Å². The van der Waals surface area contributed by atoms with Crippen molar-refractivity contribution in [3.63, 3.8) is 0 Å². The van der Waals surface area contributed by atoms with E-state index in [4.69, 9.17) is 9.84 Å². The van der Waals surface area contributed by atoms with E-state index < -0.39 is 5.97 Å². The molecule has 0 radical (unpaired) electrons. The van der Waals surface area contributed by atoms with E-state index in [1.165, 1.54) is 0 Å². The zero-order valence-electron chi connectivity index (χ0n) is 10.5. The summed E-state index contributed by atoms with van der Waals surface area (Å²) in [5, 5.41) is 11.5. The van der Waals surface area contributed by atoms with Crippen molar-refractivity contribution in [1.29, 1.82) is 0 Å². The largest absolute Gasteiger partial charge is 0.476 e. The molecule has 102 valence electrons. The SMILES string of the molecule is COCC(NC(=O)c1cnc(C(=O)O)cn1)C1CC1. The predicted octanol–water partition coefficient (Wildman–Crippen LogP) is 0.330. The van der Waals surface area contributed by atoms with Crippen LogP contribution in [0.1, 0.15) is 33.8 Å². The molecule has 1 aromatic rings. The molecule has 1 heterocycles. The van der Waals surface area contributed by atoms with Gasteiger partial charge in [-0.2, -0.15) is 0 Å². The topological polar surface area (TPSA) is 101 Å². The molecule has 2 rings (SSSR count). The Morgan fingerprint density at radius 2 is 2.05 bits per heavy atom. The lowest BCUT2D eigenvalue weighted by Crippen LogP contribution is -2.40. The maximum atomic E-state index is 11.9. The average molecular weight is 265 g/mol. The van der Waals surface area contributed by atoms with Gasteiger partial charge in [0, 0.05) is 7.11 Å². The smallest absolute Gasteiger partial charge is 0.356 e. The number of carboxylic acid groups (broad SMARTS) is 1. The molecule has 1 aliphatic rings. The molecule has 1 amide bonds. The standard InChI is InChI=1S/C12H15N3O4/c1-19-6-10(7-2-3-7)15-11(16)8-4-14-9(5-13-8)12(17)18/h4-5,7,10H,2-3,6H2,1H3,(H,15,16)(H,17,18). The van der Waals surface area contributed by atoms with Crippen LogP contribution in [-0.4, -0.2) is 46.7 Å². The summed E-state index contributed by atoms with van der Waals surface area (Å²) in [6.45, 7) is 0.455. The molecule has 7 heteroatoms. The van der Waals surface area contributed by atoms with E-state index in [9.17, 15) is 9.59 Å². The Balaban J connectivity index is 2.00. The zero-order valence-corrected chi connectivity index (χ0v) is 10.5. The number of carboxylic acids is 1. The van der Waals surface area contributed by atoms with Gasteiger partial charge in [0.25, 0.3) is 5.91 Å². The Bertz CT molecular complexity index is 470.